The van der Waals surface area contributed by atoms with E-state index >= 15 is 0 Å². The number of hydrogen-bond donors (Lipinski definition) is 1. The van der Waals surface area contributed by atoms with Gasteiger partial charge in [0.05, 0.1) is 24.7 Å². The van der Waals surface area contributed by atoms with Crippen LogP contribution in [0.25, 0.3) is 0 Å². The second kappa shape index (κ2) is 5.96. The van der Waals surface area contributed by atoms with Gasteiger partial charge < -0.3 is 4.74 Å². The molecule has 0 amide bonds. The number of benzene rings is 1. The number of ether oxygens (including phenoxy) is 1. The zero-order valence-corrected chi connectivity index (χ0v) is 10.6. The molecule has 18 heavy (non-hydrogen) atoms. The van der Waals surface area contributed by atoms with Gasteiger partial charge >= 0.3 is 0 Å². The van der Waals surface area contributed by atoms with Crippen LogP contribution in [0.4, 0.5) is 0 Å². The minimum atomic E-state index is -0.344. The van der Waals surface area contributed by atoms with Gasteiger partial charge in [-0.25, -0.2) is 0 Å². The molecule has 0 atom stereocenters. The molecule has 1 N–H and O–H groups in total. The van der Waals surface area contributed by atoms with Gasteiger partial charge in [-0.1, -0.05) is 30.3 Å². The first-order chi connectivity index (χ1) is 8.80. The number of nitriles is 1. The third-order valence-electron chi connectivity index (χ3n) is 3.37. The van der Waals surface area contributed by atoms with Gasteiger partial charge in [0.25, 0.3) is 0 Å². The Morgan fingerprint density at radius 3 is 2.67 bits per heavy atom. The van der Waals surface area contributed by atoms with Crippen LogP contribution < -0.4 is 5.48 Å². The van der Waals surface area contributed by atoms with Gasteiger partial charge in [0.1, 0.15) is 0 Å². The highest BCUT2D eigenvalue weighted by atomic mass is 16.7. The summed E-state index contributed by atoms with van der Waals surface area (Å²) in [6.07, 6.45) is 1.58. The van der Waals surface area contributed by atoms with Gasteiger partial charge in [-0.3, -0.25) is 4.84 Å². The van der Waals surface area contributed by atoms with E-state index in [-0.39, 0.29) is 11.5 Å². The number of nitrogens with one attached hydrogen (secondary N) is 1. The molecular weight excluding hydrogens is 228 g/mol. The predicted molar refractivity (Wildman–Crippen MR) is 67.7 cm³/mol. The molecule has 1 aromatic carbocycles. The summed E-state index contributed by atoms with van der Waals surface area (Å²) in [6.45, 7) is 1.10. The molecule has 1 fully saturated rings. The first-order valence-electron chi connectivity index (χ1n) is 6.14. The minimum Gasteiger partial charge on any atom is -0.382 e. The molecule has 4 heteroatoms. The fraction of sp³-hybridized carbons (Fsp3) is 0.500. The average molecular weight is 246 g/mol. The zero-order valence-electron chi connectivity index (χ0n) is 10.6. The van der Waals surface area contributed by atoms with Crippen LogP contribution in [0.5, 0.6) is 0 Å². The summed E-state index contributed by atoms with van der Waals surface area (Å²) >= 11 is 0. The van der Waals surface area contributed by atoms with Crippen molar-refractivity contribution in [3.8, 4) is 6.07 Å². The molecule has 0 bridgehead atoms. The van der Waals surface area contributed by atoms with E-state index in [4.69, 9.17) is 9.57 Å². The Labute approximate surface area is 107 Å². The molecule has 0 spiro atoms. The maximum atomic E-state index is 9.38. The number of nitrogens with zero attached hydrogens (tertiary/aromatic N) is 1. The van der Waals surface area contributed by atoms with Crippen molar-refractivity contribution >= 4 is 0 Å². The van der Waals surface area contributed by atoms with E-state index in [0.717, 1.165) is 18.4 Å². The van der Waals surface area contributed by atoms with E-state index in [9.17, 15) is 5.26 Å². The summed E-state index contributed by atoms with van der Waals surface area (Å²) < 4.78 is 4.89. The number of rotatable bonds is 6. The van der Waals surface area contributed by atoms with Gasteiger partial charge in [0, 0.05) is 13.2 Å². The van der Waals surface area contributed by atoms with Gasteiger partial charge in [0.2, 0.25) is 0 Å². The van der Waals surface area contributed by atoms with Crippen molar-refractivity contribution in [2.75, 3.05) is 20.3 Å². The molecular formula is C14H18N2O2. The lowest BCUT2D eigenvalue weighted by Crippen LogP contribution is -2.51. The van der Waals surface area contributed by atoms with Gasteiger partial charge in [-0.2, -0.15) is 10.7 Å². The lowest BCUT2D eigenvalue weighted by atomic mass is 9.63. The van der Waals surface area contributed by atoms with E-state index < -0.39 is 0 Å². The van der Waals surface area contributed by atoms with Gasteiger partial charge in [0.15, 0.2) is 0 Å². The Bertz CT molecular complexity index is 408. The maximum Gasteiger partial charge on any atom is 0.0915 e. The fourth-order valence-corrected chi connectivity index (χ4v) is 2.32. The molecule has 0 aliphatic heterocycles. The molecule has 0 unspecified atom stereocenters. The Kier molecular flexibility index (Phi) is 4.32. The normalized spacial score (nSPS) is 26.3. The summed E-state index contributed by atoms with van der Waals surface area (Å²) in [4.78, 5) is 5.27. The number of methoxy groups -OCH3 is 1. The third-order valence-corrected chi connectivity index (χ3v) is 3.37. The lowest BCUT2D eigenvalue weighted by molar-refractivity contribution is -0.0373. The molecule has 0 radical (unpaired) electrons. The number of hydroxylamine groups is 1. The molecule has 0 aromatic heterocycles. The third kappa shape index (κ3) is 2.70. The summed E-state index contributed by atoms with van der Waals surface area (Å²) in [6, 6.07) is 12.7. The highest BCUT2D eigenvalue weighted by Crippen LogP contribution is 2.43. The van der Waals surface area contributed by atoms with Crippen LogP contribution in [0.2, 0.25) is 0 Å². The Morgan fingerprint density at radius 1 is 1.33 bits per heavy atom. The van der Waals surface area contributed by atoms with Crippen molar-refractivity contribution in [2.24, 2.45) is 0 Å². The lowest BCUT2D eigenvalue weighted by Gasteiger charge is -2.42. The molecule has 2 rings (SSSR count). The molecule has 1 aromatic rings. The van der Waals surface area contributed by atoms with E-state index in [1.54, 1.807) is 7.11 Å². The van der Waals surface area contributed by atoms with E-state index in [1.165, 1.54) is 0 Å². The second-order valence-electron chi connectivity index (χ2n) is 4.62. The molecule has 0 heterocycles. The van der Waals surface area contributed by atoms with Crippen LogP contribution in [0.3, 0.4) is 0 Å². The Morgan fingerprint density at radius 2 is 2.06 bits per heavy atom. The number of hydrogen-bond acceptors (Lipinski definition) is 4. The fourth-order valence-electron chi connectivity index (χ4n) is 2.32. The molecule has 1 aliphatic rings. The van der Waals surface area contributed by atoms with E-state index in [1.807, 2.05) is 30.3 Å². The smallest absolute Gasteiger partial charge is 0.0915 e. The molecule has 1 saturated carbocycles. The van der Waals surface area contributed by atoms with Crippen molar-refractivity contribution in [2.45, 2.75) is 24.3 Å². The minimum absolute atomic E-state index is 0.252. The highest BCUT2D eigenvalue weighted by molar-refractivity contribution is 5.36. The first kappa shape index (κ1) is 13.0. The van der Waals surface area contributed by atoms with Crippen molar-refractivity contribution < 1.29 is 9.57 Å². The SMILES string of the molecule is COCCONC1CC(C#N)(c2ccccc2)C1. The van der Waals surface area contributed by atoms with Crippen LogP contribution in [0, 0.1) is 11.3 Å². The average Bonchev–Trinajstić information content (AvgIpc) is 2.38. The first-order valence-corrected chi connectivity index (χ1v) is 6.14. The highest BCUT2D eigenvalue weighted by Gasteiger charge is 2.46. The summed E-state index contributed by atoms with van der Waals surface area (Å²) in [5.41, 5.74) is 3.74. The van der Waals surface area contributed by atoms with Gasteiger partial charge in [-0.05, 0) is 18.4 Å². The predicted octanol–water partition coefficient (Wildman–Crippen LogP) is 1.78. The summed E-state index contributed by atoms with van der Waals surface area (Å²) in [5, 5.41) is 9.38. The van der Waals surface area contributed by atoms with Crippen molar-refractivity contribution in [3.63, 3.8) is 0 Å². The summed E-state index contributed by atoms with van der Waals surface area (Å²) in [7, 11) is 1.64. The standard InChI is InChI=1S/C14H18N2O2/c1-17-7-8-18-16-13-9-14(10-13,11-15)12-5-3-2-4-6-12/h2-6,13,16H,7-10H2,1H3. The molecule has 96 valence electrons. The van der Waals surface area contributed by atoms with E-state index in [0.29, 0.717) is 13.2 Å². The van der Waals surface area contributed by atoms with Crippen LogP contribution >= 0.6 is 0 Å². The summed E-state index contributed by atoms with van der Waals surface area (Å²) in [5.74, 6) is 0. The molecule has 0 saturated heterocycles. The zero-order chi connectivity index (χ0) is 12.8. The monoisotopic (exact) mass is 246 g/mol. The van der Waals surface area contributed by atoms with Crippen molar-refractivity contribution in [1.29, 1.82) is 5.26 Å². The van der Waals surface area contributed by atoms with E-state index in [2.05, 4.69) is 11.5 Å². The van der Waals surface area contributed by atoms with Gasteiger partial charge in [-0.15, -0.1) is 0 Å². The molecule has 4 nitrogen and oxygen atoms in total. The second-order valence-corrected chi connectivity index (χ2v) is 4.62. The quantitative estimate of drug-likeness (QED) is 0.614. The topological polar surface area (TPSA) is 54.3 Å². The van der Waals surface area contributed by atoms with Crippen LogP contribution in [0.15, 0.2) is 30.3 Å². The maximum absolute atomic E-state index is 9.38. The van der Waals surface area contributed by atoms with Crippen molar-refractivity contribution in [3.05, 3.63) is 35.9 Å². The Balaban J connectivity index is 1.83. The largest absolute Gasteiger partial charge is 0.382 e. The van der Waals surface area contributed by atoms with Crippen molar-refractivity contribution in [1.82, 2.24) is 5.48 Å². The van der Waals surface area contributed by atoms with Crippen LogP contribution in [0.1, 0.15) is 18.4 Å². The van der Waals surface area contributed by atoms with Crippen LogP contribution in [-0.4, -0.2) is 26.4 Å². The Hall–Kier alpha value is -1.41. The van der Waals surface area contributed by atoms with Crippen LogP contribution in [-0.2, 0) is 15.0 Å². The molecule has 1 aliphatic carbocycles.